The normalized spacial score (nSPS) is 19.3. The van der Waals surface area contributed by atoms with E-state index in [0.717, 1.165) is 30.2 Å². The summed E-state index contributed by atoms with van der Waals surface area (Å²) in [4.78, 5) is 12.3. The van der Waals surface area contributed by atoms with E-state index in [1.165, 1.54) is 0 Å². The summed E-state index contributed by atoms with van der Waals surface area (Å²) in [6.07, 6.45) is 5.32. The second-order valence-corrected chi connectivity index (χ2v) is 7.35. The molecule has 4 rings (SSSR count). The molecule has 1 aliphatic rings. The molecule has 1 saturated carbocycles. The maximum absolute atomic E-state index is 12.3. The maximum atomic E-state index is 12.3. The van der Waals surface area contributed by atoms with E-state index in [1.807, 2.05) is 42.4 Å². The third-order valence-corrected chi connectivity index (χ3v) is 5.04. The fraction of sp³-hybridized carbons (Fsp3) is 0.500. The number of carbonyl (C=O) groups is 1. The van der Waals surface area contributed by atoms with Crippen LogP contribution in [0.25, 0.3) is 0 Å². The van der Waals surface area contributed by atoms with Crippen LogP contribution in [-0.4, -0.2) is 41.7 Å². The third kappa shape index (κ3) is 3.49. The Bertz CT molecular complexity index is 920. The van der Waals surface area contributed by atoms with Gasteiger partial charge in [0.15, 0.2) is 5.82 Å². The van der Waals surface area contributed by atoms with E-state index in [-0.39, 0.29) is 23.6 Å². The molecule has 0 spiro atoms. The molecule has 0 saturated heterocycles. The van der Waals surface area contributed by atoms with Crippen molar-refractivity contribution in [1.29, 1.82) is 0 Å². The SMILES string of the molecule is CC(C)c1cc(C(=O)NC2CC(c3nnc(Cn4cccn4)n3C)C2)on1. The van der Waals surface area contributed by atoms with E-state index >= 15 is 0 Å². The molecular formula is C18H23N7O2. The number of carbonyl (C=O) groups excluding carboxylic acids is 1. The van der Waals surface area contributed by atoms with Crippen LogP contribution in [0.15, 0.2) is 29.0 Å². The lowest BCUT2D eigenvalue weighted by atomic mass is 9.79. The molecule has 1 aliphatic carbocycles. The van der Waals surface area contributed by atoms with E-state index in [4.69, 9.17) is 4.52 Å². The minimum Gasteiger partial charge on any atom is -0.351 e. The highest BCUT2D eigenvalue weighted by molar-refractivity contribution is 5.91. The summed E-state index contributed by atoms with van der Waals surface area (Å²) in [5.74, 6) is 2.39. The fourth-order valence-corrected chi connectivity index (χ4v) is 3.28. The van der Waals surface area contributed by atoms with Gasteiger partial charge in [-0.05, 0) is 24.8 Å². The third-order valence-electron chi connectivity index (χ3n) is 5.04. The fourth-order valence-electron chi connectivity index (χ4n) is 3.28. The van der Waals surface area contributed by atoms with Crippen LogP contribution in [0.5, 0.6) is 0 Å². The van der Waals surface area contributed by atoms with Crippen LogP contribution in [0, 0.1) is 0 Å². The second kappa shape index (κ2) is 6.98. The van der Waals surface area contributed by atoms with Crippen LogP contribution in [0.3, 0.4) is 0 Å². The van der Waals surface area contributed by atoms with Crippen molar-refractivity contribution in [1.82, 2.24) is 35.0 Å². The first-order valence-electron chi connectivity index (χ1n) is 9.14. The number of nitrogens with one attached hydrogen (secondary N) is 1. The average Bonchev–Trinajstić information content (AvgIpc) is 3.34. The Labute approximate surface area is 156 Å². The average molecular weight is 369 g/mol. The van der Waals surface area contributed by atoms with Gasteiger partial charge in [-0.2, -0.15) is 5.10 Å². The minimum atomic E-state index is -0.213. The lowest BCUT2D eigenvalue weighted by Crippen LogP contribution is -2.43. The summed E-state index contributed by atoms with van der Waals surface area (Å²) >= 11 is 0. The zero-order valence-corrected chi connectivity index (χ0v) is 15.7. The Hall–Kier alpha value is -2.97. The first kappa shape index (κ1) is 17.4. The molecule has 27 heavy (non-hydrogen) atoms. The predicted molar refractivity (Wildman–Crippen MR) is 96.2 cm³/mol. The van der Waals surface area contributed by atoms with Gasteiger partial charge in [-0.1, -0.05) is 19.0 Å². The molecule has 3 aromatic heterocycles. The van der Waals surface area contributed by atoms with Crippen molar-refractivity contribution in [2.24, 2.45) is 7.05 Å². The van der Waals surface area contributed by atoms with Crippen LogP contribution in [0.4, 0.5) is 0 Å². The van der Waals surface area contributed by atoms with Crippen molar-refractivity contribution in [3.8, 4) is 0 Å². The van der Waals surface area contributed by atoms with Crippen molar-refractivity contribution in [2.75, 3.05) is 0 Å². The van der Waals surface area contributed by atoms with Crippen LogP contribution >= 0.6 is 0 Å². The largest absolute Gasteiger partial charge is 0.351 e. The molecule has 3 heterocycles. The molecule has 0 aliphatic heterocycles. The maximum Gasteiger partial charge on any atom is 0.290 e. The summed E-state index contributed by atoms with van der Waals surface area (Å²) in [6.45, 7) is 4.61. The van der Waals surface area contributed by atoms with E-state index in [9.17, 15) is 4.79 Å². The number of hydrogen-bond acceptors (Lipinski definition) is 6. The molecule has 0 unspecified atom stereocenters. The highest BCUT2D eigenvalue weighted by Gasteiger charge is 2.35. The number of rotatable bonds is 6. The van der Waals surface area contributed by atoms with Crippen LogP contribution in [0.2, 0.25) is 0 Å². The zero-order valence-electron chi connectivity index (χ0n) is 15.7. The Morgan fingerprint density at radius 3 is 2.85 bits per heavy atom. The monoisotopic (exact) mass is 369 g/mol. The quantitative estimate of drug-likeness (QED) is 0.711. The van der Waals surface area contributed by atoms with Crippen LogP contribution < -0.4 is 5.32 Å². The zero-order chi connectivity index (χ0) is 19.0. The number of aromatic nitrogens is 6. The van der Waals surface area contributed by atoms with Crippen molar-refractivity contribution < 1.29 is 9.32 Å². The Kier molecular flexibility index (Phi) is 4.51. The molecule has 1 amide bonds. The highest BCUT2D eigenvalue weighted by Crippen LogP contribution is 2.36. The van der Waals surface area contributed by atoms with Crippen molar-refractivity contribution in [2.45, 2.75) is 51.1 Å². The first-order chi connectivity index (χ1) is 13.0. The lowest BCUT2D eigenvalue weighted by Gasteiger charge is -2.34. The number of hydrogen-bond donors (Lipinski definition) is 1. The van der Waals surface area contributed by atoms with Crippen molar-refractivity contribution in [3.63, 3.8) is 0 Å². The van der Waals surface area contributed by atoms with Gasteiger partial charge < -0.3 is 14.4 Å². The first-order valence-corrected chi connectivity index (χ1v) is 9.14. The van der Waals surface area contributed by atoms with Gasteiger partial charge in [0, 0.05) is 37.5 Å². The number of nitrogens with zero attached hydrogens (tertiary/aromatic N) is 6. The van der Waals surface area contributed by atoms with E-state index in [0.29, 0.717) is 12.5 Å². The smallest absolute Gasteiger partial charge is 0.290 e. The van der Waals surface area contributed by atoms with Gasteiger partial charge in [0.2, 0.25) is 5.76 Å². The molecule has 1 fully saturated rings. The van der Waals surface area contributed by atoms with Gasteiger partial charge in [0.25, 0.3) is 5.91 Å². The summed E-state index contributed by atoms with van der Waals surface area (Å²) in [7, 11) is 1.97. The Morgan fingerprint density at radius 2 is 2.19 bits per heavy atom. The molecule has 9 nitrogen and oxygen atoms in total. The highest BCUT2D eigenvalue weighted by atomic mass is 16.5. The minimum absolute atomic E-state index is 0.112. The summed E-state index contributed by atoms with van der Waals surface area (Å²) < 4.78 is 8.99. The standard InChI is InChI=1S/C18H23N7O2/c1-11(2)14-9-15(27-23-14)18(26)20-13-7-12(8-13)17-22-21-16(24(17)3)10-25-6-4-5-19-25/h4-6,9,11-13H,7-8,10H2,1-3H3,(H,20,26). The van der Waals surface area contributed by atoms with E-state index < -0.39 is 0 Å². The molecule has 0 bridgehead atoms. The van der Waals surface area contributed by atoms with Gasteiger partial charge in [-0.25, -0.2) is 0 Å². The van der Waals surface area contributed by atoms with Gasteiger partial charge in [0.05, 0.1) is 5.69 Å². The summed E-state index contributed by atoms with van der Waals surface area (Å²) in [5.41, 5.74) is 0.787. The van der Waals surface area contributed by atoms with Crippen LogP contribution in [-0.2, 0) is 13.6 Å². The predicted octanol–water partition coefficient (Wildman–Crippen LogP) is 1.85. The Morgan fingerprint density at radius 1 is 1.37 bits per heavy atom. The van der Waals surface area contributed by atoms with Crippen molar-refractivity contribution >= 4 is 5.91 Å². The summed E-state index contributed by atoms with van der Waals surface area (Å²) in [5, 5.41) is 19.8. The molecular weight excluding hydrogens is 346 g/mol. The molecule has 3 aromatic rings. The number of amides is 1. The van der Waals surface area contributed by atoms with Gasteiger partial charge in [-0.15, -0.1) is 10.2 Å². The molecule has 0 aromatic carbocycles. The molecule has 0 radical (unpaired) electrons. The Balaban J connectivity index is 1.33. The van der Waals surface area contributed by atoms with Gasteiger partial charge >= 0.3 is 0 Å². The topological polar surface area (TPSA) is 104 Å². The molecule has 1 N–H and O–H groups in total. The molecule has 9 heteroatoms. The van der Waals surface area contributed by atoms with Crippen molar-refractivity contribution in [3.05, 3.63) is 47.6 Å². The second-order valence-electron chi connectivity index (χ2n) is 7.35. The van der Waals surface area contributed by atoms with Gasteiger partial charge in [-0.3, -0.25) is 9.48 Å². The molecule has 0 atom stereocenters. The van der Waals surface area contributed by atoms with Crippen LogP contribution in [0.1, 0.15) is 66.4 Å². The summed E-state index contributed by atoms with van der Waals surface area (Å²) in [6, 6.07) is 3.71. The van der Waals surface area contributed by atoms with E-state index in [1.54, 1.807) is 12.3 Å². The van der Waals surface area contributed by atoms with Gasteiger partial charge in [0.1, 0.15) is 12.4 Å². The lowest BCUT2D eigenvalue weighted by molar-refractivity contribution is 0.0869. The molecule has 142 valence electrons. The van der Waals surface area contributed by atoms with E-state index in [2.05, 4.69) is 25.8 Å².